The first-order valence-corrected chi connectivity index (χ1v) is 10.0. The van der Waals surface area contributed by atoms with Gasteiger partial charge in [-0.25, -0.2) is 0 Å². The molecular weight excluding hydrogens is 362 g/mol. The third-order valence-corrected chi connectivity index (χ3v) is 5.36. The van der Waals surface area contributed by atoms with Crippen LogP contribution in [0, 0.1) is 0 Å². The van der Waals surface area contributed by atoms with E-state index in [-0.39, 0.29) is 17.9 Å². The molecule has 1 saturated heterocycles. The van der Waals surface area contributed by atoms with Crippen molar-refractivity contribution >= 4 is 28.3 Å². The molecule has 1 heterocycles. The van der Waals surface area contributed by atoms with Crippen LogP contribution in [0.1, 0.15) is 23.2 Å². The molecule has 5 nitrogen and oxygen atoms in total. The number of para-hydroxylation sites is 1. The quantitative estimate of drug-likeness (QED) is 0.702. The number of amides is 2. The second kappa shape index (κ2) is 8.88. The summed E-state index contributed by atoms with van der Waals surface area (Å²) < 4.78 is 0. The number of rotatable bonds is 5. The van der Waals surface area contributed by atoms with Crippen LogP contribution in [0.15, 0.2) is 72.8 Å². The van der Waals surface area contributed by atoms with E-state index in [4.69, 9.17) is 0 Å². The van der Waals surface area contributed by atoms with Crippen LogP contribution >= 0.6 is 0 Å². The molecule has 4 rings (SSSR count). The summed E-state index contributed by atoms with van der Waals surface area (Å²) in [5, 5.41) is 8.27. The first-order valence-electron chi connectivity index (χ1n) is 10.0. The van der Waals surface area contributed by atoms with Gasteiger partial charge in [-0.1, -0.05) is 48.5 Å². The number of benzene rings is 3. The summed E-state index contributed by atoms with van der Waals surface area (Å²) in [5.74, 6) is -0.0362. The van der Waals surface area contributed by atoms with Gasteiger partial charge in [0.2, 0.25) is 5.91 Å². The smallest absolute Gasteiger partial charge is 0.251 e. The van der Waals surface area contributed by atoms with E-state index < -0.39 is 0 Å². The molecule has 148 valence electrons. The van der Waals surface area contributed by atoms with E-state index >= 15 is 0 Å². The molecule has 3 aromatic carbocycles. The van der Waals surface area contributed by atoms with Crippen LogP contribution in [0.2, 0.25) is 0 Å². The van der Waals surface area contributed by atoms with Crippen molar-refractivity contribution in [3.05, 3.63) is 78.4 Å². The van der Waals surface area contributed by atoms with Crippen molar-refractivity contribution in [2.75, 3.05) is 25.0 Å². The molecule has 1 fully saturated rings. The highest BCUT2D eigenvalue weighted by molar-refractivity contribution is 5.98. The fraction of sp³-hybridized carbons (Fsp3) is 0.250. The summed E-state index contributed by atoms with van der Waals surface area (Å²) in [6.07, 6.45) is 1.69. The lowest BCUT2D eigenvalue weighted by atomic mass is 10.0. The molecule has 0 atom stereocenters. The average molecular weight is 387 g/mol. The summed E-state index contributed by atoms with van der Waals surface area (Å²) in [7, 11) is 0. The molecule has 0 aromatic heterocycles. The number of carbonyl (C=O) groups excluding carboxylic acids is 2. The standard InChI is InChI=1S/C24H25N3O2/c28-23(25-21-8-2-1-3-9-21)17-27-14-12-22(13-15-27)26-24(29)20-11-10-18-6-4-5-7-19(18)16-20/h1-11,16,22H,12-15,17H2,(H,25,28)(H,26,29). The van der Waals surface area contributed by atoms with Gasteiger partial charge < -0.3 is 10.6 Å². The number of nitrogens with one attached hydrogen (secondary N) is 2. The van der Waals surface area contributed by atoms with E-state index in [0.717, 1.165) is 42.4 Å². The fourth-order valence-corrected chi connectivity index (χ4v) is 3.76. The Kier molecular flexibility index (Phi) is 5.86. The van der Waals surface area contributed by atoms with Gasteiger partial charge in [-0.15, -0.1) is 0 Å². The minimum absolute atomic E-state index is 0.00477. The normalized spacial score (nSPS) is 15.2. The predicted octanol–water partition coefficient (Wildman–Crippen LogP) is 3.67. The zero-order valence-corrected chi connectivity index (χ0v) is 16.3. The zero-order chi connectivity index (χ0) is 20.1. The highest BCUT2D eigenvalue weighted by atomic mass is 16.2. The van der Waals surface area contributed by atoms with Crippen molar-refractivity contribution in [2.24, 2.45) is 0 Å². The second-order valence-electron chi connectivity index (χ2n) is 7.50. The van der Waals surface area contributed by atoms with Crippen LogP contribution in [0.25, 0.3) is 10.8 Å². The second-order valence-corrected chi connectivity index (χ2v) is 7.50. The van der Waals surface area contributed by atoms with Gasteiger partial charge in [-0.2, -0.15) is 0 Å². The van der Waals surface area contributed by atoms with Gasteiger partial charge in [0, 0.05) is 30.4 Å². The van der Waals surface area contributed by atoms with Crippen molar-refractivity contribution in [2.45, 2.75) is 18.9 Å². The molecule has 2 amide bonds. The van der Waals surface area contributed by atoms with Gasteiger partial charge in [-0.3, -0.25) is 14.5 Å². The molecule has 0 unspecified atom stereocenters. The summed E-state index contributed by atoms with van der Waals surface area (Å²) in [6.45, 7) is 1.97. The van der Waals surface area contributed by atoms with Crippen molar-refractivity contribution in [3.63, 3.8) is 0 Å². The number of fused-ring (bicyclic) bond motifs is 1. The third-order valence-electron chi connectivity index (χ3n) is 5.36. The molecule has 5 heteroatoms. The number of nitrogens with zero attached hydrogens (tertiary/aromatic N) is 1. The maximum Gasteiger partial charge on any atom is 0.251 e. The number of piperidine rings is 1. The highest BCUT2D eigenvalue weighted by Crippen LogP contribution is 2.17. The van der Waals surface area contributed by atoms with Crippen LogP contribution in [-0.4, -0.2) is 42.4 Å². The molecule has 0 aliphatic carbocycles. The van der Waals surface area contributed by atoms with Gasteiger partial charge in [0.1, 0.15) is 0 Å². The van der Waals surface area contributed by atoms with Crippen LogP contribution in [0.4, 0.5) is 5.69 Å². The van der Waals surface area contributed by atoms with Gasteiger partial charge in [0.05, 0.1) is 6.54 Å². The number of anilines is 1. The molecular formula is C24H25N3O2. The molecule has 29 heavy (non-hydrogen) atoms. The largest absolute Gasteiger partial charge is 0.349 e. The van der Waals surface area contributed by atoms with Crippen molar-refractivity contribution in [1.82, 2.24) is 10.2 Å². The molecule has 2 N–H and O–H groups in total. The van der Waals surface area contributed by atoms with Crippen LogP contribution in [-0.2, 0) is 4.79 Å². The minimum atomic E-state index is -0.0315. The van der Waals surface area contributed by atoms with E-state index in [1.807, 2.05) is 72.8 Å². The summed E-state index contributed by atoms with van der Waals surface area (Å²) in [4.78, 5) is 27.0. The summed E-state index contributed by atoms with van der Waals surface area (Å²) in [6, 6.07) is 23.5. The Labute approximate surface area is 170 Å². The Morgan fingerprint density at radius 1 is 0.862 bits per heavy atom. The summed E-state index contributed by atoms with van der Waals surface area (Å²) >= 11 is 0. The maximum atomic E-state index is 12.6. The topological polar surface area (TPSA) is 61.4 Å². The van der Waals surface area contributed by atoms with Crippen molar-refractivity contribution in [1.29, 1.82) is 0 Å². The molecule has 0 radical (unpaired) electrons. The molecule has 1 aliphatic rings. The lowest BCUT2D eigenvalue weighted by Gasteiger charge is -2.31. The first kappa shape index (κ1) is 19.2. The monoisotopic (exact) mass is 387 g/mol. The molecule has 3 aromatic rings. The van der Waals surface area contributed by atoms with E-state index in [2.05, 4.69) is 15.5 Å². The Hall–Kier alpha value is -3.18. The van der Waals surface area contributed by atoms with Crippen molar-refractivity contribution < 1.29 is 9.59 Å². The van der Waals surface area contributed by atoms with Crippen molar-refractivity contribution in [3.8, 4) is 0 Å². The van der Waals surface area contributed by atoms with Gasteiger partial charge >= 0.3 is 0 Å². The number of hydrogen-bond acceptors (Lipinski definition) is 3. The lowest BCUT2D eigenvalue weighted by molar-refractivity contribution is -0.117. The number of hydrogen-bond donors (Lipinski definition) is 2. The van der Waals surface area contributed by atoms with E-state index in [1.54, 1.807) is 0 Å². The Bertz CT molecular complexity index is 995. The van der Waals surface area contributed by atoms with E-state index in [1.165, 1.54) is 0 Å². The Morgan fingerprint density at radius 2 is 1.55 bits per heavy atom. The first-order chi connectivity index (χ1) is 14.2. The van der Waals surface area contributed by atoms with E-state index in [0.29, 0.717) is 12.1 Å². The SMILES string of the molecule is O=C(CN1CCC(NC(=O)c2ccc3ccccc3c2)CC1)Nc1ccccc1. The van der Waals surface area contributed by atoms with Crippen LogP contribution in [0.3, 0.4) is 0 Å². The minimum Gasteiger partial charge on any atom is -0.349 e. The van der Waals surface area contributed by atoms with Gasteiger partial charge in [0.15, 0.2) is 0 Å². The van der Waals surface area contributed by atoms with Crippen LogP contribution in [0.5, 0.6) is 0 Å². The predicted molar refractivity (Wildman–Crippen MR) is 116 cm³/mol. The van der Waals surface area contributed by atoms with Gasteiger partial charge in [-0.05, 0) is 47.9 Å². The maximum absolute atomic E-state index is 12.6. The molecule has 0 spiro atoms. The molecule has 0 saturated carbocycles. The highest BCUT2D eigenvalue weighted by Gasteiger charge is 2.22. The number of likely N-dealkylation sites (tertiary alicyclic amines) is 1. The average Bonchev–Trinajstić information content (AvgIpc) is 2.75. The van der Waals surface area contributed by atoms with Gasteiger partial charge in [0.25, 0.3) is 5.91 Å². The van der Waals surface area contributed by atoms with Crippen LogP contribution < -0.4 is 10.6 Å². The molecule has 1 aliphatic heterocycles. The molecule has 0 bridgehead atoms. The fourth-order valence-electron chi connectivity index (χ4n) is 3.76. The summed E-state index contributed by atoms with van der Waals surface area (Å²) in [5.41, 5.74) is 1.50. The Balaban J connectivity index is 1.26. The van der Waals surface area contributed by atoms with E-state index in [9.17, 15) is 9.59 Å². The Morgan fingerprint density at radius 3 is 2.31 bits per heavy atom. The number of carbonyl (C=O) groups is 2. The lowest BCUT2D eigenvalue weighted by Crippen LogP contribution is -2.46. The third kappa shape index (κ3) is 5.00. The zero-order valence-electron chi connectivity index (χ0n) is 16.3.